The van der Waals surface area contributed by atoms with Crippen LogP contribution in [0.2, 0.25) is 0 Å². The molecule has 0 saturated carbocycles. The van der Waals surface area contributed by atoms with E-state index in [4.69, 9.17) is 4.74 Å². The van der Waals surface area contributed by atoms with Crippen LogP contribution < -0.4 is 20.3 Å². The number of aromatic nitrogens is 1. The molecule has 2 N–H and O–H groups in total. The fourth-order valence-corrected chi connectivity index (χ4v) is 6.02. The summed E-state index contributed by atoms with van der Waals surface area (Å²) < 4.78 is 5.96. The van der Waals surface area contributed by atoms with Gasteiger partial charge in [0.25, 0.3) is 0 Å². The van der Waals surface area contributed by atoms with Crippen molar-refractivity contribution in [3.63, 3.8) is 0 Å². The van der Waals surface area contributed by atoms with E-state index >= 15 is 0 Å². The molecule has 2 aromatic carbocycles. The van der Waals surface area contributed by atoms with Crippen molar-refractivity contribution >= 4 is 61.5 Å². The molecule has 4 aromatic rings. The zero-order valence-corrected chi connectivity index (χ0v) is 22.0. The number of hydrogen-bond donors (Lipinski definition) is 2. The van der Waals surface area contributed by atoms with Gasteiger partial charge >= 0.3 is 6.03 Å². The summed E-state index contributed by atoms with van der Waals surface area (Å²) in [5.41, 5.74) is 2.78. The third-order valence-corrected chi connectivity index (χ3v) is 7.93. The van der Waals surface area contributed by atoms with Crippen molar-refractivity contribution < 1.29 is 19.1 Å². The van der Waals surface area contributed by atoms with Crippen LogP contribution in [-0.4, -0.2) is 40.8 Å². The third kappa shape index (κ3) is 4.48. The smallest absolute Gasteiger partial charge is 0.331 e. The van der Waals surface area contributed by atoms with Crippen LogP contribution in [0.4, 0.5) is 26.9 Å². The Morgan fingerprint density at radius 2 is 1.97 bits per heavy atom. The van der Waals surface area contributed by atoms with E-state index in [1.54, 1.807) is 22.1 Å². The molecular formula is C29H25N5O4S. The number of anilines is 4. The topological polar surface area (TPSA) is 104 Å². The Kier molecular flexibility index (Phi) is 6.24. The molecule has 0 radical (unpaired) electrons. The van der Waals surface area contributed by atoms with E-state index in [0.717, 1.165) is 16.7 Å². The van der Waals surface area contributed by atoms with Crippen LogP contribution >= 0.6 is 11.3 Å². The van der Waals surface area contributed by atoms with Crippen LogP contribution in [0.25, 0.3) is 10.2 Å². The average Bonchev–Trinajstić information content (AvgIpc) is 3.56. The number of amides is 4. The van der Waals surface area contributed by atoms with Gasteiger partial charge in [-0.2, -0.15) is 0 Å². The highest BCUT2D eigenvalue weighted by Crippen LogP contribution is 2.49. The molecule has 0 bridgehead atoms. The Labute approximate surface area is 228 Å². The van der Waals surface area contributed by atoms with Crippen molar-refractivity contribution in [2.24, 2.45) is 5.92 Å². The lowest BCUT2D eigenvalue weighted by molar-refractivity contribution is -0.125. The molecule has 1 unspecified atom stereocenters. The fourth-order valence-electron chi connectivity index (χ4n) is 5.00. The van der Waals surface area contributed by atoms with Gasteiger partial charge in [-0.15, -0.1) is 0 Å². The number of benzene rings is 2. The van der Waals surface area contributed by atoms with E-state index in [1.807, 2.05) is 55.5 Å². The molecule has 6 rings (SSSR count). The second-order valence-corrected chi connectivity index (χ2v) is 10.4. The number of likely N-dealkylation sites (tertiary alicyclic amines) is 1. The van der Waals surface area contributed by atoms with E-state index in [1.165, 1.54) is 17.4 Å². The number of nitrogens with zero attached hydrogens (tertiary/aromatic N) is 3. The Hall–Kier alpha value is -4.70. The van der Waals surface area contributed by atoms with Gasteiger partial charge in [0.05, 0.1) is 28.4 Å². The summed E-state index contributed by atoms with van der Waals surface area (Å²) in [7, 11) is 0. The molecule has 2 aromatic heterocycles. The van der Waals surface area contributed by atoms with Crippen LogP contribution in [0.15, 0.2) is 73.4 Å². The quantitative estimate of drug-likeness (QED) is 0.290. The number of carbonyl (C=O) groups excluding carboxylic acids is 3. The van der Waals surface area contributed by atoms with Crippen molar-refractivity contribution in [2.75, 3.05) is 28.6 Å². The first-order chi connectivity index (χ1) is 18.9. The maximum atomic E-state index is 13.5. The molecule has 0 spiro atoms. The Bertz CT molecular complexity index is 1630. The van der Waals surface area contributed by atoms with Gasteiger partial charge in [-0.1, -0.05) is 36.1 Å². The molecule has 1 fully saturated rings. The maximum Gasteiger partial charge on any atom is 0.331 e. The lowest BCUT2D eigenvalue weighted by Gasteiger charge is -2.29. The van der Waals surface area contributed by atoms with Gasteiger partial charge in [0.2, 0.25) is 11.8 Å². The van der Waals surface area contributed by atoms with Gasteiger partial charge in [-0.3, -0.25) is 14.5 Å². The van der Waals surface area contributed by atoms with Crippen molar-refractivity contribution in [1.29, 1.82) is 0 Å². The van der Waals surface area contributed by atoms with Gasteiger partial charge in [-0.25, -0.2) is 9.78 Å². The highest BCUT2D eigenvalue weighted by atomic mass is 32.1. The van der Waals surface area contributed by atoms with Crippen LogP contribution in [0, 0.1) is 12.8 Å². The molecular weight excluding hydrogens is 514 g/mol. The molecule has 39 heavy (non-hydrogen) atoms. The van der Waals surface area contributed by atoms with Gasteiger partial charge in [0.15, 0.2) is 0 Å². The van der Waals surface area contributed by atoms with E-state index in [-0.39, 0.29) is 23.8 Å². The zero-order valence-electron chi connectivity index (χ0n) is 21.1. The van der Waals surface area contributed by atoms with Crippen molar-refractivity contribution in [1.82, 2.24) is 9.88 Å². The number of nitrogens with one attached hydrogen (secondary N) is 2. The molecule has 1 atom stereocenters. The summed E-state index contributed by atoms with van der Waals surface area (Å²) in [6, 6.07) is 16.5. The predicted molar refractivity (Wildman–Crippen MR) is 152 cm³/mol. The van der Waals surface area contributed by atoms with E-state index in [2.05, 4.69) is 22.2 Å². The number of aryl methyl sites for hydroxylation is 1. The summed E-state index contributed by atoms with van der Waals surface area (Å²) in [4.78, 5) is 46.9. The van der Waals surface area contributed by atoms with Crippen LogP contribution in [0.5, 0.6) is 11.5 Å². The summed E-state index contributed by atoms with van der Waals surface area (Å²) >= 11 is 1.31. The first-order valence-corrected chi connectivity index (χ1v) is 13.3. The van der Waals surface area contributed by atoms with Crippen LogP contribution in [0.3, 0.4) is 0 Å². The van der Waals surface area contributed by atoms with Crippen LogP contribution in [0.1, 0.15) is 12.0 Å². The molecule has 2 aliphatic heterocycles. The second-order valence-electron chi connectivity index (χ2n) is 9.41. The minimum Gasteiger partial charge on any atom is -0.457 e. The Balaban J connectivity index is 1.29. The molecule has 2 aliphatic rings. The number of pyridine rings is 1. The number of thiophene rings is 1. The Morgan fingerprint density at radius 1 is 1.15 bits per heavy atom. The van der Waals surface area contributed by atoms with E-state index < -0.39 is 0 Å². The predicted octanol–water partition coefficient (Wildman–Crippen LogP) is 6.05. The van der Waals surface area contributed by atoms with E-state index in [0.29, 0.717) is 52.2 Å². The molecule has 4 heterocycles. The monoisotopic (exact) mass is 539 g/mol. The van der Waals surface area contributed by atoms with Crippen molar-refractivity contribution in [3.05, 3.63) is 79.0 Å². The number of carbonyl (C=O) groups is 3. The summed E-state index contributed by atoms with van der Waals surface area (Å²) in [6.07, 6.45) is 3.49. The third-order valence-electron chi connectivity index (χ3n) is 6.92. The number of rotatable bonds is 6. The van der Waals surface area contributed by atoms with E-state index in [9.17, 15) is 14.4 Å². The minimum absolute atomic E-state index is 0.182. The zero-order chi connectivity index (χ0) is 27.1. The first kappa shape index (κ1) is 24.6. The molecule has 1 saturated heterocycles. The fraction of sp³-hybridized carbons (Fsp3) is 0.172. The van der Waals surface area contributed by atoms with Gasteiger partial charge in [0, 0.05) is 19.3 Å². The number of urea groups is 1. The van der Waals surface area contributed by atoms with Gasteiger partial charge in [-0.05, 0) is 61.4 Å². The summed E-state index contributed by atoms with van der Waals surface area (Å²) in [5, 5.41) is 7.23. The standard InChI is InChI=1S/C29H25N5O4S/c1-3-23(35)33-14-12-18(16-33)26(36)32-28-25-24-22(11-13-30-27(24)39-28)34(29(37)31-25)21-10-9-20(15-17(21)2)38-19-7-5-4-6-8-19/h3-11,13,15,18H,1,12,14,16H2,2H3,(H,31,37)(H,32,36). The normalized spacial score (nSPS) is 16.2. The molecule has 10 heteroatoms. The van der Waals surface area contributed by atoms with Crippen molar-refractivity contribution in [3.8, 4) is 11.5 Å². The lowest BCUT2D eigenvalue weighted by atomic mass is 10.1. The Morgan fingerprint density at radius 3 is 2.74 bits per heavy atom. The lowest BCUT2D eigenvalue weighted by Crippen LogP contribution is -2.34. The molecule has 0 aliphatic carbocycles. The maximum absolute atomic E-state index is 13.5. The van der Waals surface area contributed by atoms with Crippen molar-refractivity contribution in [2.45, 2.75) is 13.3 Å². The molecule has 4 amide bonds. The largest absolute Gasteiger partial charge is 0.457 e. The number of ether oxygens (including phenoxy) is 1. The average molecular weight is 540 g/mol. The highest BCUT2D eigenvalue weighted by Gasteiger charge is 2.34. The van der Waals surface area contributed by atoms with Crippen LogP contribution in [-0.2, 0) is 9.59 Å². The molecule has 9 nitrogen and oxygen atoms in total. The highest BCUT2D eigenvalue weighted by molar-refractivity contribution is 7.23. The van der Waals surface area contributed by atoms with Gasteiger partial charge in [0.1, 0.15) is 21.3 Å². The second kappa shape index (κ2) is 9.88. The number of hydrogen-bond acceptors (Lipinski definition) is 6. The van der Waals surface area contributed by atoms with Gasteiger partial charge < -0.3 is 20.3 Å². The summed E-state index contributed by atoms with van der Waals surface area (Å²) in [5.74, 6) is 0.681. The first-order valence-electron chi connectivity index (χ1n) is 12.5. The molecule has 196 valence electrons. The summed E-state index contributed by atoms with van der Waals surface area (Å²) in [6.45, 7) is 6.29. The number of para-hydroxylation sites is 1. The SMILES string of the molecule is C=CC(=O)N1CCC(C(=O)Nc2sc3nccc4c3c2NC(=O)N4c2ccc(Oc3ccccc3)cc2C)C1. The minimum atomic E-state index is -0.340.